The van der Waals surface area contributed by atoms with Gasteiger partial charge in [0.2, 0.25) is 5.95 Å². The van der Waals surface area contributed by atoms with Crippen molar-refractivity contribution >= 4 is 22.6 Å². The van der Waals surface area contributed by atoms with Gasteiger partial charge in [0.05, 0.1) is 29.4 Å². The first-order valence-corrected chi connectivity index (χ1v) is 9.12. The summed E-state index contributed by atoms with van der Waals surface area (Å²) in [5.74, 6) is 0.608. The number of furan rings is 1. The second kappa shape index (κ2) is 6.49. The number of imidazole rings is 1. The van der Waals surface area contributed by atoms with Crippen molar-refractivity contribution in [2.24, 2.45) is 7.05 Å². The Morgan fingerprint density at radius 1 is 1.28 bits per heavy atom. The van der Waals surface area contributed by atoms with Gasteiger partial charge in [-0.1, -0.05) is 12.1 Å². The Balaban J connectivity index is 1.57. The number of hydrogen-bond acceptors (Lipinski definition) is 6. The Labute approximate surface area is 166 Å². The quantitative estimate of drug-likeness (QED) is 0.509. The molecule has 0 radical (unpaired) electrons. The number of benzene rings is 1. The maximum absolute atomic E-state index is 9.36. The van der Waals surface area contributed by atoms with Crippen molar-refractivity contribution in [2.75, 3.05) is 5.32 Å². The lowest BCUT2D eigenvalue weighted by atomic mass is 10.1. The molecule has 0 aliphatic carbocycles. The van der Waals surface area contributed by atoms with E-state index in [0.29, 0.717) is 23.8 Å². The zero-order valence-electron chi connectivity index (χ0n) is 15.9. The lowest BCUT2D eigenvalue weighted by molar-refractivity contribution is 0.616. The van der Waals surface area contributed by atoms with Gasteiger partial charge in [0.1, 0.15) is 11.7 Å². The van der Waals surface area contributed by atoms with Crippen molar-refractivity contribution in [3.63, 3.8) is 0 Å². The fourth-order valence-corrected chi connectivity index (χ4v) is 3.59. The highest BCUT2D eigenvalue weighted by Gasteiger charge is 2.16. The molecule has 0 spiro atoms. The van der Waals surface area contributed by atoms with Gasteiger partial charge in [-0.3, -0.25) is 9.08 Å². The molecule has 0 aliphatic rings. The van der Waals surface area contributed by atoms with E-state index in [-0.39, 0.29) is 0 Å². The molecule has 142 valence electrons. The molecular weight excluding hydrogens is 366 g/mol. The molecule has 0 atom stereocenters. The van der Waals surface area contributed by atoms with Gasteiger partial charge in [-0.05, 0) is 30.7 Å². The zero-order valence-corrected chi connectivity index (χ0v) is 15.9. The van der Waals surface area contributed by atoms with Gasteiger partial charge in [0.15, 0.2) is 11.3 Å². The van der Waals surface area contributed by atoms with Crippen LogP contribution in [0.3, 0.4) is 0 Å². The van der Waals surface area contributed by atoms with Gasteiger partial charge in [-0.15, -0.1) is 0 Å². The Morgan fingerprint density at radius 2 is 2.17 bits per heavy atom. The van der Waals surface area contributed by atoms with Crippen LogP contribution in [0.1, 0.15) is 17.0 Å². The van der Waals surface area contributed by atoms with Crippen molar-refractivity contribution in [1.82, 2.24) is 24.1 Å². The molecule has 8 heteroatoms. The predicted molar refractivity (Wildman–Crippen MR) is 108 cm³/mol. The maximum atomic E-state index is 9.36. The molecule has 0 saturated heterocycles. The molecule has 29 heavy (non-hydrogen) atoms. The Morgan fingerprint density at radius 3 is 2.97 bits per heavy atom. The zero-order chi connectivity index (χ0) is 20.0. The van der Waals surface area contributed by atoms with Gasteiger partial charge in [0, 0.05) is 25.2 Å². The first-order chi connectivity index (χ1) is 14.1. The van der Waals surface area contributed by atoms with E-state index in [2.05, 4.69) is 26.5 Å². The minimum Gasteiger partial charge on any atom is -0.464 e. The number of aromatic nitrogens is 5. The third kappa shape index (κ3) is 2.80. The van der Waals surface area contributed by atoms with E-state index in [4.69, 9.17) is 4.42 Å². The number of nitrogens with zero attached hydrogens (tertiary/aromatic N) is 6. The molecule has 0 amide bonds. The summed E-state index contributed by atoms with van der Waals surface area (Å²) >= 11 is 0. The van der Waals surface area contributed by atoms with Crippen LogP contribution in [0.5, 0.6) is 0 Å². The minimum absolute atomic E-state index is 0.332. The number of nitriles is 1. The maximum Gasteiger partial charge on any atom is 0.208 e. The van der Waals surface area contributed by atoms with E-state index in [1.54, 1.807) is 23.3 Å². The van der Waals surface area contributed by atoms with Gasteiger partial charge < -0.3 is 9.73 Å². The third-order valence-corrected chi connectivity index (χ3v) is 4.91. The van der Waals surface area contributed by atoms with Crippen molar-refractivity contribution < 1.29 is 4.42 Å². The van der Waals surface area contributed by atoms with Crippen LogP contribution in [0.25, 0.3) is 27.9 Å². The molecule has 0 saturated carbocycles. The van der Waals surface area contributed by atoms with Crippen LogP contribution in [0, 0.1) is 18.3 Å². The molecular formula is C21H17N7O. The van der Waals surface area contributed by atoms with Gasteiger partial charge in [-0.25, -0.2) is 9.97 Å². The molecule has 4 heterocycles. The monoisotopic (exact) mass is 383 g/mol. The second-order valence-corrected chi connectivity index (χ2v) is 6.82. The largest absolute Gasteiger partial charge is 0.464 e. The predicted octanol–water partition coefficient (Wildman–Crippen LogP) is 3.67. The first kappa shape index (κ1) is 17.0. The summed E-state index contributed by atoms with van der Waals surface area (Å²) in [5, 5.41) is 18.2. The normalized spacial score (nSPS) is 11.2. The van der Waals surface area contributed by atoms with E-state index >= 15 is 0 Å². The fraction of sp³-hybridized carbons (Fsp3) is 0.143. The molecule has 0 bridgehead atoms. The number of fused-ring (bicyclic) bond motifs is 2. The van der Waals surface area contributed by atoms with Crippen molar-refractivity contribution in [1.29, 1.82) is 5.26 Å². The van der Waals surface area contributed by atoms with Crippen molar-refractivity contribution in [3.05, 3.63) is 65.9 Å². The smallest absolute Gasteiger partial charge is 0.208 e. The van der Waals surface area contributed by atoms with Crippen LogP contribution in [-0.2, 0) is 13.6 Å². The number of aryl methyl sites for hydroxylation is 2. The average Bonchev–Trinajstić information content (AvgIpc) is 3.44. The molecule has 4 aromatic heterocycles. The van der Waals surface area contributed by atoms with Gasteiger partial charge in [0.25, 0.3) is 0 Å². The highest BCUT2D eigenvalue weighted by molar-refractivity contribution is 5.81. The second-order valence-electron chi connectivity index (χ2n) is 6.82. The van der Waals surface area contributed by atoms with E-state index in [1.807, 2.05) is 48.7 Å². The average molecular weight is 383 g/mol. The van der Waals surface area contributed by atoms with Crippen LogP contribution in [-0.4, -0.2) is 24.1 Å². The SMILES string of the molecule is Cc1cc(-c2cnc(NCc3cccc4occc34)n3cc(C#N)nc23)n(C)n1. The van der Waals surface area contributed by atoms with E-state index in [0.717, 1.165) is 33.5 Å². The summed E-state index contributed by atoms with van der Waals surface area (Å²) in [5.41, 5.74) is 5.54. The van der Waals surface area contributed by atoms with Crippen LogP contribution in [0.15, 0.2) is 53.4 Å². The first-order valence-electron chi connectivity index (χ1n) is 9.12. The standard InChI is InChI=1S/C21H17N7O/c1-13-8-18(27(2)26-13)17-11-24-21(28-12-15(9-22)25-20(17)28)23-10-14-4-3-5-19-16(14)6-7-29-19/h3-8,11-12H,10H2,1-2H3,(H,23,24). The molecule has 1 aromatic carbocycles. The van der Waals surface area contributed by atoms with Crippen molar-refractivity contribution in [3.8, 4) is 17.3 Å². The molecule has 0 fully saturated rings. The molecule has 8 nitrogen and oxygen atoms in total. The van der Waals surface area contributed by atoms with E-state index < -0.39 is 0 Å². The fourth-order valence-electron chi connectivity index (χ4n) is 3.59. The Kier molecular flexibility index (Phi) is 3.81. The molecule has 0 aliphatic heterocycles. The lowest BCUT2D eigenvalue weighted by Crippen LogP contribution is -2.07. The van der Waals surface area contributed by atoms with Gasteiger partial charge >= 0.3 is 0 Å². The summed E-state index contributed by atoms with van der Waals surface area (Å²) in [6, 6.07) is 12.0. The number of nitrogens with one attached hydrogen (secondary N) is 1. The summed E-state index contributed by atoms with van der Waals surface area (Å²) in [7, 11) is 1.88. The molecule has 5 rings (SSSR count). The Hall–Kier alpha value is -4.12. The summed E-state index contributed by atoms with van der Waals surface area (Å²) in [6.45, 7) is 2.50. The van der Waals surface area contributed by atoms with E-state index in [9.17, 15) is 5.26 Å². The third-order valence-electron chi connectivity index (χ3n) is 4.91. The lowest BCUT2D eigenvalue weighted by Gasteiger charge is -2.11. The van der Waals surface area contributed by atoms with Gasteiger partial charge in [-0.2, -0.15) is 10.4 Å². The minimum atomic E-state index is 0.332. The van der Waals surface area contributed by atoms with Crippen LogP contribution in [0.4, 0.5) is 5.95 Å². The number of rotatable bonds is 4. The summed E-state index contributed by atoms with van der Waals surface area (Å²) < 4.78 is 9.08. The Bertz CT molecular complexity index is 1400. The van der Waals surface area contributed by atoms with Crippen LogP contribution < -0.4 is 5.32 Å². The number of anilines is 1. The van der Waals surface area contributed by atoms with Crippen LogP contribution in [0.2, 0.25) is 0 Å². The molecule has 1 N–H and O–H groups in total. The van der Waals surface area contributed by atoms with Crippen molar-refractivity contribution in [2.45, 2.75) is 13.5 Å². The van der Waals surface area contributed by atoms with E-state index in [1.165, 1.54) is 0 Å². The summed E-state index contributed by atoms with van der Waals surface area (Å²) in [4.78, 5) is 9.08. The van der Waals surface area contributed by atoms with Crippen LogP contribution >= 0.6 is 0 Å². The highest BCUT2D eigenvalue weighted by Crippen LogP contribution is 2.27. The summed E-state index contributed by atoms with van der Waals surface area (Å²) in [6.07, 6.45) is 5.14. The topological polar surface area (TPSA) is 97.0 Å². The molecule has 5 aromatic rings. The molecule has 0 unspecified atom stereocenters. The highest BCUT2D eigenvalue weighted by atomic mass is 16.3. The number of hydrogen-bond donors (Lipinski definition) is 1.